The number of aliphatic hydroxyl groups is 3. The standard InChI is InChI=1S/C54H72N2O9/c1-7-54(64)23-21-41-38-15-11-32-24-35(57)14-16-37(32)48(38)39(28-52(41,54)4)31-9-12-34(13-10-31)56(6)46(60)29-55-50(63)65-44-26-33-25-36(58)20-22-51(33,3)43-27-45(59)53(5)40(17-18-42(53)49(43)44)30(2)8-19-47(61)62/h1,9-10,12-13,24,30,33,36,38-45,49,58-59,64H,8,11,14-23,25-29H2,2-6H3,(H,55,63)(H,61,62)/t30-,33+,36?,38+,39-,40-,41+,42+,43+,44-,45+,49+,51+,52+,53-,54+/m1/s1. The van der Waals surface area contributed by atoms with Crippen molar-refractivity contribution in [2.75, 3.05) is 18.5 Å². The number of ketones is 1. The number of aliphatic carboxylic acids is 1. The molecule has 11 nitrogen and oxygen atoms in total. The maximum absolute atomic E-state index is 13.8. The zero-order valence-corrected chi connectivity index (χ0v) is 39.2. The number of allylic oxidation sites excluding steroid dienone is 4. The van der Waals surface area contributed by atoms with E-state index in [2.05, 4.69) is 51.1 Å². The molecule has 1 aromatic rings. The van der Waals surface area contributed by atoms with Gasteiger partial charge in [0.2, 0.25) is 5.91 Å². The molecule has 11 heteroatoms. The highest BCUT2D eigenvalue weighted by Gasteiger charge is 2.67. The van der Waals surface area contributed by atoms with Crippen LogP contribution in [0.5, 0.6) is 0 Å². The van der Waals surface area contributed by atoms with Gasteiger partial charge in [0.25, 0.3) is 0 Å². The lowest BCUT2D eigenvalue weighted by molar-refractivity contribution is -0.206. The molecule has 6 saturated carbocycles. The lowest BCUT2D eigenvalue weighted by Gasteiger charge is -2.63. The van der Waals surface area contributed by atoms with Crippen LogP contribution in [0.15, 0.2) is 47.1 Å². The summed E-state index contributed by atoms with van der Waals surface area (Å²) in [6.45, 7) is 8.52. The highest BCUT2D eigenvalue weighted by molar-refractivity contribution is 5.95. The molecule has 1 aromatic carbocycles. The first-order valence-corrected chi connectivity index (χ1v) is 24.9. The molecule has 6 fully saturated rings. The van der Waals surface area contributed by atoms with Crippen molar-refractivity contribution in [3.05, 3.63) is 52.6 Å². The second-order valence-corrected chi connectivity index (χ2v) is 22.7. The third-order valence-electron chi connectivity index (χ3n) is 20.1. The molecule has 1 unspecified atom stereocenters. The summed E-state index contributed by atoms with van der Waals surface area (Å²) >= 11 is 0. The van der Waals surface area contributed by atoms with Gasteiger partial charge in [-0.2, -0.15) is 0 Å². The molecular weight excluding hydrogens is 821 g/mol. The number of nitrogens with zero attached hydrogens (tertiary/aromatic N) is 1. The number of carboxylic acids is 1. The fourth-order valence-electron chi connectivity index (χ4n) is 16.5. The topological polar surface area (TPSA) is 174 Å². The van der Waals surface area contributed by atoms with Gasteiger partial charge in [-0.15, -0.1) is 6.42 Å². The molecule has 0 aromatic heterocycles. The van der Waals surface area contributed by atoms with Crippen LogP contribution in [-0.4, -0.2) is 81.7 Å². The van der Waals surface area contributed by atoms with Crippen LogP contribution in [0.1, 0.15) is 142 Å². The van der Waals surface area contributed by atoms with Gasteiger partial charge in [0.15, 0.2) is 5.78 Å². The van der Waals surface area contributed by atoms with Crippen LogP contribution in [0.25, 0.3) is 0 Å². The summed E-state index contributed by atoms with van der Waals surface area (Å²) in [5.41, 5.74) is 3.43. The Morgan fingerprint density at radius 3 is 2.43 bits per heavy atom. The van der Waals surface area contributed by atoms with Gasteiger partial charge >= 0.3 is 12.1 Å². The number of carbonyl (C=O) groups excluding carboxylic acids is 3. The van der Waals surface area contributed by atoms with Crippen molar-refractivity contribution >= 4 is 29.4 Å². The third kappa shape index (κ3) is 7.51. The quantitative estimate of drug-likeness (QED) is 0.154. The van der Waals surface area contributed by atoms with Gasteiger partial charge in [-0.05, 0) is 177 Å². The molecule has 8 aliphatic rings. The molecule has 8 aliphatic carbocycles. The Morgan fingerprint density at radius 2 is 1.71 bits per heavy atom. The lowest BCUT2D eigenvalue weighted by atomic mass is 9.43. The van der Waals surface area contributed by atoms with Gasteiger partial charge in [0.05, 0.1) is 12.2 Å². The minimum Gasteiger partial charge on any atom is -0.481 e. The third-order valence-corrected chi connectivity index (χ3v) is 20.1. The summed E-state index contributed by atoms with van der Waals surface area (Å²) in [5, 5.41) is 47.0. The lowest BCUT2D eigenvalue weighted by Crippen LogP contribution is -2.63. The fraction of sp³-hybridized carbons (Fsp3) is 0.704. The molecule has 2 amide bonds. The maximum Gasteiger partial charge on any atom is 0.407 e. The second-order valence-electron chi connectivity index (χ2n) is 22.7. The fourth-order valence-corrected chi connectivity index (χ4v) is 16.5. The molecule has 16 atom stereocenters. The predicted molar refractivity (Wildman–Crippen MR) is 246 cm³/mol. The van der Waals surface area contributed by atoms with Crippen molar-refractivity contribution < 1.29 is 44.3 Å². The Bertz CT molecular complexity index is 2190. The van der Waals surface area contributed by atoms with Crippen LogP contribution in [0.3, 0.4) is 0 Å². The smallest absolute Gasteiger partial charge is 0.407 e. The number of anilines is 1. The number of carbonyl (C=O) groups is 4. The van der Waals surface area contributed by atoms with E-state index in [9.17, 15) is 39.6 Å². The van der Waals surface area contributed by atoms with Crippen LogP contribution < -0.4 is 10.2 Å². The van der Waals surface area contributed by atoms with Gasteiger partial charge in [0, 0.05) is 42.8 Å². The van der Waals surface area contributed by atoms with Crippen molar-refractivity contribution in [3.63, 3.8) is 0 Å². The summed E-state index contributed by atoms with van der Waals surface area (Å²) in [4.78, 5) is 53.2. The largest absolute Gasteiger partial charge is 0.481 e. The number of fused-ring (bicyclic) bond motifs is 9. The van der Waals surface area contributed by atoms with Crippen molar-refractivity contribution in [1.29, 1.82) is 0 Å². The summed E-state index contributed by atoms with van der Waals surface area (Å²) in [6.07, 6.45) is 16.8. The summed E-state index contributed by atoms with van der Waals surface area (Å²) in [6, 6.07) is 8.02. The number of hydrogen-bond donors (Lipinski definition) is 5. The van der Waals surface area contributed by atoms with E-state index in [0.717, 1.165) is 56.1 Å². The van der Waals surface area contributed by atoms with E-state index in [0.29, 0.717) is 57.1 Å². The average Bonchev–Trinajstić information content (AvgIpc) is 3.78. The van der Waals surface area contributed by atoms with Crippen molar-refractivity contribution in [3.8, 4) is 12.3 Å². The first-order valence-electron chi connectivity index (χ1n) is 24.9. The summed E-state index contributed by atoms with van der Waals surface area (Å²) in [7, 11) is 1.70. The Morgan fingerprint density at radius 1 is 0.954 bits per heavy atom. The first kappa shape index (κ1) is 46.1. The molecule has 0 bridgehead atoms. The normalized spacial score (nSPS) is 42.1. The SMILES string of the molecule is C#C[C@]1(O)CC[C@H]2[C@@H]3CCC4=CC(=O)CCC4=C3[C@@H](c3ccc(N(C)C(=O)CNC(=O)O[C@@H]4C[C@@H]5CC(O)CC[C@]5(C)[C@H]5C[C@H](O)[C@]6(C)[C@@H]([C@H](C)CCC(=O)O)CC[C@H]6[C@H]45)cc3)C[C@@]21C. The number of benzene rings is 1. The van der Waals surface area contributed by atoms with E-state index >= 15 is 0 Å². The highest BCUT2D eigenvalue weighted by atomic mass is 16.6. The monoisotopic (exact) mass is 893 g/mol. The summed E-state index contributed by atoms with van der Waals surface area (Å²) < 4.78 is 6.40. The second kappa shape index (κ2) is 17.0. The number of rotatable bonds is 9. The van der Waals surface area contributed by atoms with Crippen LogP contribution >= 0.6 is 0 Å². The Labute approximate surface area is 385 Å². The molecule has 0 heterocycles. The number of alkyl carbamates (subject to hydrolysis) is 1. The predicted octanol–water partition coefficient (Wildman–Crippen LogP) is 8.11. The Balaban J connectivity index is 0.902. The van der Waals surface area contributed by atoms with Crippen LogP contribution in [0, 0.1) is 75.9 Å². The molecule has 9 rings (SSSR count). The Kier molecular flexibility index (Phi) is 12.0. The minimum atomic E-state index is -1.19. The number of aliphatic hydroxyl groups excluding tert-OH is 2. The van der Waals surface area contributed by atoms with Crippen LogP contribution in [0.4, 0.5) is 10.5 Å². The Hall–Kier alpha value is -3.98. The molecule has 5 N–H and O–H groups in total. The van der Waals surface area contributed by atoms with Crippen molar-refractivity contribution in [1.82, 2.24) is 5.32 Å². The van der Waals surface area contributed by atoms with Gasteiger partial charge in [-0.3, -0.25) is 14.4 Å². The first-order chi connectivity index (χ1) is 30.8. The molecule has 0 aliphatic heterocycles. The van der Waals surface area contributed by atoms with Crippen molar-refractivity contribution in [2.45, 2.75) is 160 Å². The van der Waals surface area contributed by atoms with Gasteiger partial charge in [-0.1, -0.05) is 51.3 Å². The van der Waals surface area contributed by atoms with E-state index in [1.807, 2.05) is 18.2 Å². The zero-order valence-electron chi connectivity index (χ0n) is 39.2. The number of ether oxygens (including phenoxy) is 1. The van der Waals surface area contributed by atoms with Gasteiger partial charge < -0.3 is 35.4 Å². The van der Waals surface area contributed by atoms with E-state index in [-0.39, 0.29) is 83.3 Å². The van der Waals surface area contributed by atoms with Crippen LogP contribution in [-0.2, 0) is 19.1 Å². The van der Waals surface area contributed by atoms with E-state index < -0.39 is 46.8 Å². The van der Waals surface area contributed by atoms with E-state index in [4.69, 9.17) is 11.2 Å². The average molecular weight is 893 g/mol. The number of hydrogen-bond acceptors (Lipinski definition) is 8. The zero-order chi connectivity index (χ0) is 46.4. The highest BCUT2D eigenvalue weighted by Crippen LogP contribution is 2.70. The molecule has 0 saturated heterocycles. The molecule has 0 spiro atoms. The number of carboxylic acid groups (broad SMARTS) is 1. The molecular formula is C54H72N2O9. The van der Waals surface area contributed by atoms with E-state index in [1.54, 1.807) is 11.9 Å². The molecule has 352 valence electrons. The molecule has 0 radical (unpaired) electrons. The summed E-state index contributed by atoms with van der Waals surface area (Å²) in [5.74, 6) is 2.98. The maximum atomic E-state index is 13.8. The molecule has 65 heavy (non-hydrogen) atoms. The number of likely N-dealkylation sites (N-methyl/N-ethyl adjacent to an activating group) is 1. The number of amides is 2. The minimum absolute atomic E-state index is 0.00505. The van der Waals surface area contributed by atoms with Gasteiger partial charge in [0.1, 0.15) is 18.2 Å². The van der Waals surface area contributed by atoms with Crippen molar-refractivity contribution in [2.24, 2.45) is 63.6 Å². The van der Waals surface area contributed by atoms with Gasteiger partial charge in [-0.25, -0.2) is 4.79 Å². The number of terminal acetylenes is 1. The number of nitrogens with one attached hydrogen (secondary N) is 1. The van der Waals surface area contributed by atoms with E-state index in [1.165, 1.54) is 11.1 Å². The van der Waals surface area contributed by atoms with Crippen LogP contribution in [0.2, 0.25) is 0 Å².